The summed E-state index contributed by atoms with van der Waals surface area (Å²) in [5.74, 6) is 0. The molecule has 0 N–H and O–H groups in total. The Morgan fingerprint density at radius 2 is 0.923 bits per heavy atom. The van der Waals surface area contributed by atoms with Gasteiger partial charge in [0.25, 0.3) is 0 Å². The second-order valence-electron chi connectivity index (χ2n) is 2.47. The Labute approximate surface area is 87.1 Å². The molecule has 13 heavy (non-hydrogen) atoms. The molecule has 0 aromatic rings. The zero-order chi connectivity index (χ0) is 10.9. The first kappa shape index (κ1) is 18.4. The van der Waals surface area contributed by atoms with Crippen molar-refractivity contribution in [2.24, 2.45) is 0 Å². The third-order valence-corrected chi connectivity index (χ3v) is 1.000. The summed E-state index contributed by atoms with van der Waals surface area (Å²) in [5.41, 5.74) is 0. The summed E-state index contributed by atoms with van der Waals surface area (Å²) in [7, 11) is 0. The molecular formula is C13H26. The maximum absolute atomic E-state index is 3.64. The fourth-order valence-electron chi connectivity index (χ4n) is 0.177. The van der Waals surface area contributed by atoms with Gasteiger partial charge < -0.3 is 20.8 Å². The molecular weight excluding hydrogens is 156 g/mol. The molecule has 0 aromatic heterocycles. The van der Waals surface area contributed by atoms with Gasteiger partial charge in [-0.1, -0.05) is 0 Å². The van der Waals surface area contributed by atoms with E-state index in [-0.39, 0.29) is 0 Å². The van der Waals surface area contributed by atoms with Gasteiger partial charge in [-0.2, -0.15) is 6.42 Å². The Bertz CT molecular complexity index is 29.3. The van der Waals surface area contributed by atoms with Gasteiger partial charge in [0.05, 0.1) is 40.0 Å². The lowest BCUT2D eigenvalue weighted by molar-refractivity contribution is 0.864. The Morgan fingerprint density at radius 3 is 0.923 bits per heavy atom. The van der Waals surface area contributed by atoms with Crippen molar-refractivity contribution in [3.05, 3.63) is 41.5 Å². The number of unbranched alkanes of at least 4 members (excludes halogenated alkanes) is 4. The van der Waals surface area contributed by atoms with Crippen molar-refractivity contribution in [3.8, 4) is 0 Å². The Kier molecular flexibility index (Phi) is 42.3. The van der Waals surface area contributed by atoms with E-state index in [0.29, 0.717) is 0 Å². The highest BCUT2D eigenvalue weighted by Crippen LogP contribution is 1.87. The summed E-state index contributed by atoms with van der Waals surface area (Å²) < 4.78 is 0. The van der Waals surface area contributed by atoms with Gasteiger partial charge in [0.2, 0.25) is 0 Å². The summed E-state index contributed by atoms with van der Waals surface area (Å²) in [6.45, 7) is 21.4. The predicted octanol–water partition coefficient (Wildman–Crippen LogP) is 4.69. The highest BCUT2D eigenvalue weighted by Gasteiger charge is 1.69. The summed E-state index contributed by atoms with van der Waals surface area (Å²) >= 11 is 0. The van der Waals surface area contributed by atoms with Gasteiger partial charge >= 0.3 is 0 Å². The molecule has 0 aromatic carbocycles. The molecule has 0 spiro atoms. The lowest BCUT2D eigenvalue weighted by Gasteiger charge is -1.81. The van der Waals surface area contributed by atoms with Gasteiger partial charge in [-0.05, 0) is 6.42 Å². The molecule has 78 valence electrons. The van der Waals surface area contributed by atoms with Crippen LogP contribution < -0.4 is 0 Å². The zero-order valence-corrected chi connectivity index (χ0v) is 9.19. The molecule has 0 saturated heterocycles. The van der Waals surface area contributed by atoms with Crippen LogP contribution in [0.3, 0.4) is 0 Å². The first-order chi connectivity index (χ1) is 6.24. The molecule has 0 aliphatic heterocycles. The topological polar surface area (TPSA) is 0 Å². The fourth-order valence-corrected chi connectivity index (χ4v) is 0.177. The van der Waals surface area contributed by atoms with E-state index in [1.807, 2.05) is 0 Å². The van der Waals surface area contributed by atoms with Crippen molar-refractivity contribution >= 4 is 0 Å². The molecule has 0 aliphatic carbocycles. The van der Waals surface area contributed by atoms with E-state index in [1.54, 1.807) is 0 Å². The Balaban J connectivity index is -0.000000117. The van der Waals surface area contributed by atoms with Crippen LogP contribution in [0.2, 0.25) is 0 Å². The molecule has 0 nitrogen and oxygen atoms in total. The third kappa shape index (κ3) is 82.3. The first-order valence-corrected chi connectivity index (χ1v) is 5.00. The van der Waals surface area contributed by atoms with E-state index >= 15 is 0 Å². The minimum atomic E-state index is 0.958. The second-order valence-corrected chi connectivity index (χ2v) is 2.47. The molecule has 0 amide bonds. The molecule has 0 radical (unpaired) electrons. The van der Waals surface area contributed by atoms with Crippen LogP contribution in [0.1, 0.15) is 44.9 Å². The molecule has 0 atom stereocenters. The average Bonchev–Trinajstić information content (AvgIpc) is 2.20. The van der Waals surface area contributed by atoms with Gasteiger partial charge in [-0.15, -0.1) is 12.8 Å². The van der Waals surface area contributed by atoms with Crippen molar-refractivity contribution in [2.75, 3.05) is 0 Å². The lowest BCUT2D eigenvalue weighted by atomic mass is 10.3. The van der Waals surface area contributed by atoms with Crippen molar-refractivity contribution in [1.82, 2.24) is 0 Å². The SMILES string of the molecule is [CH2+]CCC[CH2-].[CH2+]CC[CH2-].[CH2+]CC[CH2-]. The van der Waals surface area contributed by atoms with E-state index < -0.39 is 0 Å². The zero-order valence-electron chi connectivity index (χ0n) is 9.19. The van der Waals surface area contributed by atoms with Crippen LogP contribution in [0.4, 0.5) is 0 Å². The number of hydrogen-bond donors (Lipinski definition) is 0. The smallest absolute Gasteiger partial charge is 0.0826 e. The minimum absolute atomic E-state index is 0.958. The molecule has 0 heterocycles. The number of rotatable bonds is 4. The van der Waals surface area contributed by atoms with E-state index in [0.717, 1.165) is 38.5 Å². The largest absolute Gasteiger partial charge is 0.343 e. The van der Waals surface area contributed by atoms with Gasteiger partial charge in [-0.3, -0.25) is 0 Å². The predicted molar refractivity (Wildman–Crippen MR) is 64.5 cm³/mol. The fraction of sp³-hybridized carbons (Fsp3) is 0.538. The third-order valence-electron chi connectivity index (χ3n) is 1.000. The van der Waals surface area contributed by atoms with Gasteiger partial charge in [-0.25, -0.2) is 0 Å². The van der Waals surface area contributed by atoms with Gasteiger partial charge in [0, 0.05) is 0 Å². The molecule has 0 rings (SSSR count). The minimum Gasteiger partial charge on any atom is -0.343 e. The summed E-state index contributed by atoms with van der Waals surface area (Å²) in [6, 6.07) is 0. The molecule has 0 fully saturated rings. The lowest BCUT2D eigenvalue weighted by Crippen LogP contribution is -1.60. The van der Waals surface area contributed by atoms with Crippen LogP contribution in [-0.2, 0) is 0 Å². The van der Waals surface area contributed by atoms with Crippen LogP contribution in [0.25, 0.3) is 0 Å². The van der Waals surface area contributed by atoms with E-state index in [1.165, 1.54) is 6.42 Å². The van der Waals surface area contributed by atoms with Crippen LogP contribution in [0.5, 0.6) is 0 Å². The van der Waals surface area contributed by atoms with Crippen LogP contribution in [0, 0.1) is 41.5 Å². The number of hydrogen-bond acceptors (Lipinski definition) is 0. The van der Waals surface area contributed by atoms with Crippen molar-refractivity contribution in [2.45, 2.75) is 44.9 Å². The van der Waals surface area contributed by atoms with E-state index in [9.17, 15) is 0 Å². The maximum Gasteiger partial charge on any atom is 0.0826 e. The molecule has 0 unspecified atom stereocenters. The quantitative estimate of drug-likeness (QED) is 0.553. The Hall–Kier alpha value is -0.390. The molecule has 0 saturated carbocycles. The van der Waals surface area contributed by atoms with Crippen molar-refractivity contribution in [1.29, 1.82) is 0 Å². The van der Waals surface area contributed by atoms with Crippen molar-refractivity contribution in [3.63, 3.8) is 0 Å². The van der Waals surface area contributed by atoms with Crippen LogP contribution >= 0.6 is 0 Å². The summed E-state index contributed by atoms with van der Waals surface area (Å²) in [4.78, 5) is 0. The van der Waals surface area contributed by atoms with Crippen LogP contribution in [0.15, 0.2) is 0 Å². The van der Waals surface area contributed by atoms with Gasteiger partial charge in [0.15, 0.2) is 0 Å². The van der Waals surface area contributed by atoms with Gasteiger partial charge in [0.1, 0.15) is 0 Å². The molecule has 0 aliphatic rings. The first-order valence-electron chi connectivity index (χ1n) is 5.00. The highest BCUT2D eigenvalue weighted by molar-refractivity contribution is 4.41. The van der Waals surface area contributed by atoms with Crippen molar-refractivity contribution < 1.29 is 0 Å². The summed E-state index contributed by atoms with van der Waals surface area (Å²) in [5, 5.41) is 0. The highest BCUT2D eigenvalue weighted by atomic mass is 13.7. The Morgan fingerprint density at radius 1 is 0.615 bits per heavy atom. The van der Waals surface area contributed by atoms with Crippen LogP contribution in [-0.4, -0.2) is 0 Å². The molecule has 0 bridgehead atoms. The normalized spacial score (nSPS) is 7.62. The van der Waals surface area contributed by atoms with E-state index in [2.05, 4.69) is 41.5 Å². The maximum atomic E-state index is 3.64. The summed E-state index contributed by atoms with van der Waals surface area (Å²) in [6.07, 6.45) is 7.06. The average molecular weight is 182 g/mol. The van der Waals surface area contributed by atoms with E-state index in [4.69, 9.17) is 0 Å². The monoisotopic (exact) mass is 182 g/mol. The molecule has 0 heteroatoms. The standard InChI is InChI=1S/C5H10.2C4H8/c1-3-5-4-2;2*1-3-4-2/h1-5H2;2*1-4H2. The second kappa shape index (κ2) is 29.9.